The highest BCUT2D eigenvalue weighted by atomic mass is 16.6. The Labute approximate surface area is 95.4 Å². The van der Waals surface area contributed by atoms with Crippen LogP contribution in [0.25, 0.3) is 0 Å². The van der Waals surface area contributed by atoms with Gasteiger partial charge in [-0.25, -0.2) is 0 Å². The molecule has 1 aromatic carbocycles. The molecule has 0 aliphatic rings. The van der Waals surface area contributed by atoms with Crippen LogP contribution >= 0.6 is 0 Å². The number of aliphatic hydroxyl groups is 2. The first-order chi connectivity index (χ1) is 7.54. The molecule has 0 bridgehead atoms. The highest BCUT2D eigenvalue weighted by Crippen LogP contribution is 2.37. The van der Waals surface area contributed by atoms with Gasteiger partial charge in [0.1, 0.15) is 11.5 Å². The van der Waals surface area contributed by atoms with E-state index >= 15 is 0 Å². The molecule has 0 atom stereocenters. The van der Waals surface area contributed by atoms with Gasteiger partial charge >= 0.3 is 0 Å². The smallest absolute Gasteiger partial charge is 0.186 e. The molecule has 4 heteroatoms. The highest BCUT2D eigenvalue weighted by molar-refractivity contribution is 5.57. The first-order valence-electron chi connectivity index (χ1n) is 5.12. The van der Waals surface area contributed by atoms with Crippen LogP contribution < -0.4 is 9.47 Å². The van der Waals surface area contributed by atoms with Crippen LogP contribution in [0.4, 0.5) is 0 Å². The van der Waals surface area contributed by atoms with Gasteiger partial charge in [-0.1, -0.05) is 0 Å². The van der Waals surface area contributed by atoms with Crippen LogP contribution in [0.3, 0.4) is 0 Å². The standard InChI is InChI=1S/C12H18O4/c1-7-8(2)12(16-6-14)10(4)9(3)11(7)15-5-13/h13-14H,5-6H2,1-4H3. The van der Waals surface area contributed by atoms with Crippen LogP contribution in [0.2, 0.25) is 0 Å². The highest BCUT2D eigenvalue weighted by Gasteiger charge is 2.16. The first-order valence-corrected chi connectivity index (χ1v) is 5.12. The number of aliphatic hydroxyl groups excluding tert-OH is 2. The molecular formula is C12H18O4. The maximum Gasteiger partial charge on any atom is 0.186 e. The van der Waals surface area contributed by atoms with Gasteiger partial charge in [-0.2, -0.15) is 0 Å². The SMILES string of the molecule is Cc1c(C)c(OCO)c(C)c(C)c1OCO. The second kappa shape index (κ2) is 5.18. The molecule has 0 radical (unpaired) electrons. The van der Waals surface area contributed by atoms with Crippen molar-refractivity contribution in [1.29, 1.82) is 0 Å². The summed E-state index contributed by atoms with van der Waals surface area (Å²) in [7, 11) is 0. The van der Waals surface area contributed by atoms with E-state index in [2.05, 4.69) is 0 Å². The van der Waals surface area contributed by atoms with Gasteiger partial charge in [-0.3, -0.25) is 0 Å². The summed E-state index contributed by atoms with van der Waals surface area (Å²) in [5.74, 6) is 1.37. The summed E-state index contributed by atoms with van der Waals surface area (Å²) in [6.07, 6.45) is 0. The fourth-order valence-electron chi connectivity index (χ4n) is 1.81. The fourth-order valence-corrected chi connectivity index (χ4v) is 1.81. The van der Waals surface area contributed by atoms with Crippen molar-refractivity contribution in [2.45, 2.75) is 27.7 Å². The predicted molar refractivity (Wildman–Crippen MR) is 60.8 cm³/mol. The van der Waals surface area contributed by atoms with Crippen molar-refractivity contribution in [2.75, 3.05) is 13.6 Å². The molecule has 0 heterocycles. The van der Waals surface area contributed by atoms with E-state index in [1.165, 1.54) is 0 Å². The molecule has 16 heavy (non-hydrogen) atoms. The molecule has 0 spiro atoms. The largest absolute Gasteiger partial charge is 0.467 e. The number of benzene rings is 1. The zero-order valence-corrected chi connectivity index (χ0v) is 10.1. The average Bonchev–Trinajstić information content (AvgIpc) is 2.28. The summed E-state index contributed by atoms with van der Waals surface area (Å²) in [6, 6.07) is 0. The maximum absolute atomic E-state index is 8.83. The van der Waals surface area contributed by atoms with E-state index in [0.29, 0.717) is 11.5 Å². The average molecular weight is 226 g/mol. The zero-order valence-electron chi connectivity index (χ0n) is 10.1. The summed E-state index contributed by atoms with van der Waals surface area (Å²) in [5.41, 5.74) is 3.67. The van der Waals surface area contributed by atoms with Crippen LogP contribution in [0.5, 0.6) is 11.5 Å². The Bertz CT molecular complexity index is 319. The Balaban J connectivity index is 3.37. The van der Waals surface area contributed by atoms with Crippen molar-refractivity contribution in [3.8, 4) is 11.5 Å². The molecule has 0 saturated heterocycles. The van der Waals surface area contributed by atoms with Crippen LogP contribution in [0, 0.1) is 27.7 Å². The fraction of sp³-hybridized carbons (Fsp3) is 0.500. The second-order valence-corrected chi connectivity index (χ2v) is 3.71. The van der Waals surface area contributed by atoms with E-state index in [0.717, 1.165) is 22.3 Å². The predicted octanol–water partition coefficient (Wildman–Crippen LogP) is 1.58. The third kappa shape index (κ3) is 2.13. The lowest BCUT2D eigenvalue weighted by atomic mass is 9.98. The molecule has 1 aromatic rings. The van der Waals surface area contributed by atoms with Crippen molar-refractivity contribution in [3.63, 3.8) is 0 Å². The summed E-state index contributed by atoms with van der Waals surface area (Å²) in [4.78, 5) is 0. The van der Waals surface area contributed by atoms with Crippen molar-refractivity contribution in [1.82, 2.24) is 0 Å². The third-order valence-electron chi connectivity index (χ3n) is 2.91. The molecule has 0 amide bonds. The first kappa shape index (κ1) is 12.8. The molecule has 4 nitrogen and oxygen atoms in total. The van der Waals surface area contributed by atoms with Gasteiger partial charge in [0.25, 0.3) is 0 Å². The molecule has 0 aromatic heterocycles. The van der Waals surface area contributed by atoms with Crippen molar-refractivity contribution >= 4 is 0 Å². The molecule has 90 valence electrons. The summed E-state index contributed by atoms with van der Waals surface area (Å²) >= 11 is 0. The lowest BCUT2D eigenvalue weighted by Gasteiger charge is -2.19. The van der Waals surface area contributed by atoms with Crippen molar-refractivity contribution < 1.29 is 19.7 Å². The number of hydrogen-bond acceptors (Lipinski definition) is 4. The van der Waals surface area contributed by atoms with E-state index in [4.69, 9.17) is 19.7 Å². The van der Waals surface area contributed by atoms with Crippen molar-refractivity contribution in [3.05, 3.63) is 22.3 Å². The molecular weight excluding hydrogens is 208 g/mol. The Morgan fingerprint density at radius 1 is 0.688 bits per heavy atom. The molecule has 0 fully saturated rings. The Morgan fingerprint density at radius 2 is 0.938 bits per heavy atom. The van der Waals surface area contributed by atoms with E-state index in [-0.39, 0.29) is 13.6 Å². The summed E-state index contributed by atoms with van der Waals surface area (Å²) < 4.78 is 10.4. The minimum absolute atomic E-state index is 0.346. The van der Waals surface area contributed by atoms with Crippen molar-refractivity contribution in [2.24, 2.45) is 0 Å². The molecule has 1 rings (SSSR count). The normalized spacial score (nSPS) is 10.4. The summed E-state index contributed by atoms with van der Waals surface area (Å²) in [6.45, 7) is 6.91. The van der Waals surface area contributed by atoms with E-state index < -0.39 is 0 Å². The number of rotatable bonds is 4. The zero-order chi connectivity index (χ0) is 12.3. The molecule has 2 N–H and O–H groups in total. The van der Waals surface area contributed by atoms with Gasteiger partial charge in [0.2, 0.25) is 0 Å². The molecule has 0 aliphatic heterocycles. The lowest BCUT2D eigenvalue weighted by molar-refractivity contribution is 0.0924. The maximum atomic E-state index is 8.83. The Hall–Kier alpha value is -1.26. The topological polar surface area (TPSA) is 58.9 Å². The number of hydrogen-bond donors (Lipinski definition) is 2. The van der Waals surface area contributed by atoms with Gasteiger partial charge in [-0.15, -0.1) is 0 Å². The van der Waals surface area contributed by atoms with Crippen LogP contribution in [-0.4, -0.2) is 23.8 Å². The Kier molecular flexibility index (Phi) is 4.15. The quantitative estimate of drug-likeness (QED) is 0.765. The van der Waals surface area contributed by atoms with Crippen LogP contribution in [0.1, 0.15) is 22.3 Å². The van der Waals surface area contributed by atoms with Gasteiger partial charge in [0.05, 0.1) is 0 Å². The van der Waals surface area contributed by atoms with Crippen LogP contribution in [0.15, 0.2) is 0 Å². The molecule has 0 aliphatic carbocycles. The van der Waals surface area contributed by atoms with E-state index in [1.807, 2.05) is 27.7 Å². The number of ether oxygens (including phenoxy) is 2. The minimum atomic E-state index is -0.346. The van der Waals surface area contributed by atoms with Crippen LogP contribution in [-0.2, 0) is 0 Å². The lowest BCUT2D eigenvalue weighted by Crippen LogP contribution is -2.06. The monoisotopic (exact) mass is 226 g/mol. The van der Waals surface area contributed by atoms with E-state index in [9.17, 15) is 0 Å². The second-order valence-electron chi connectivity index (χ2n) is 3.71. The molecule has 0 saturated carbocycles. The Morgan fingerprint density at radius 3 is 1.12 bits per heavy atom. The minimum Gasteiger partial charge on any atom is -0.467 e. The van der Waals surface area contributed by atoms with Gasteiger partial charge < -0.3 is 19.7 Å². The molecule has 0 unspecified atom stereocenters. The summed E-state index contributed by atoms with van der Waals surface area (Å²) in [5, 5.41) is 17.7. The van der Waals surface area contributed by atoms with E-state index in [1.54, 1.807) is 0 Å². The van der Waals surface area contributed by atoms with Gasteiger partial charge in [0.15, 0.2) is 13.6 Å². The van der Waals surface area contributed by atoms with Gasteiger partial charge in [-0.05, 0) is 49.9 Å². The third-order valence-corrected chi connectivity index (χ3v) is 2.91. The van der Waals surface area contributed by atoms with Gasteiger partial charge in [0, 0.05) is 0 Å².